The molecule has 7 nitrogen and oxygen atoms in total. The van der Waals surface area contributed by atoms with Crippen LogP contribution < -0.4 is 5.32 Å². The van der Waals surface area contributed by atoms with Crippen LogP contribution in [0.1, 0.15) is 34.6 Å². The molecule has 0 aliphatic rings. The van der Waals surface area contributed by atoms with Crippen molar-refractivity contribution in [2.24, 2.45) is 0 Å². The van der Waals surface area contributed by atoms with Gasteiger partial charge in [0.2, 0.25) is 0 Å². The molecule has 0 atom stereocenters. The quantitative estimate of drug-likeness (QED) is 0.622. The Morgan fingerprint density at radius 2 is 1.83 bits per heavy atom. The predicted molar refractivity (Wildman–Crippen MR) is 62.7 cm³/mol. The molecule has 0 fully saturated rings. The first-order chi connectivity index (χ1) is 8.31. The summed E-state index contributed by atoms with van der Waals surface area (Å²) in [7, 11) is 0. The zero-order valence-electron chi connectivity index (χ0n) is 9.84. The molecule has 0 radical (unpaired) electrons. The summed E-state index contributed by atoms with van der Waals surface area (Å²) >= 11 is 0. The van der Waals surface area contributed by atoms with E-state index in [0.29, 0.717) is 0 Å². The molecular formula is C11H12N2O5. The van der Waals surface area contributed by atoms with Crippen molar-refractivity contribution in [1.82, 2.24) is 5.32 Å². The summed E-state index contributed by atoms with van der Waals surface area (Å²) in [4.78, 5) is 32.4. The maximum absolute atomic E-state index is 11.7. The Balaban J connectivity index is 3.23. The van der Waals surface area contributed by atoms with Gasteiger partial charge >= 0.3 is 5.97 Å². The van der Waals surface area contributed by atoms with Crippen LogP contribution in [0.4, 0.5) is 5.69 Å². The Morgan fingerprint density at radius 3 is 2.28 bits per heavy atom. The number of carbonyl (C=O) groups is 2. The third kappa shape index (κ3) is 3.27. The minimum Gasteiger partial charge on any atom is -0.478 e. The van der Waals surface area contributed by atoms with E-state index in [1.807, 2.05) is 0 Å². The van der Waals surface area contributed by atoms with Crippen LogP contribution in [-0.4, -0.2) is 27.9 Å². The molecule has 96 valence electrons. The lowest BCUT2D eigenvalue weighted by Crippen LogP contribution is -2.30. The molecule has 0 unspecified atom stereocenters. The molecule has 1 amide bonds. The van der Waals surface area contributed by atoms with Crippen molar-refractivity contribution >= 4 is 17.6 Å². The van der Waals surface area contributed by atoms with Gasteiger partial charge in [0.1, 0.15) is 0 Å². The first-order valence-corrected chi connectivity index (χ1v) is 5.15. The highest BCUT2D eigenvalue weighted by atomic mass is 16.6. The molecule has 1 rings (SSSR count). The summed E-state index contributed by atoms with van der Waals surface area (Å²) in [5.41, 5.74) is -0.766. The van der Waals surface area contributed by atoms with E-state index in [-0.39, 0.29) is 17.2 Å². The first kappa shape index (κ1) is 13.6. The highest BCUT2D eigenvalue weighted by molar-refractivity contribution is 5.98. The lowest BCUT2D eigenvalue weighted by Gasteiger charge is -2.08. The van der Waals surface area contributed by atoms with Gasteiger partial charge < -0.3 is 10.4 Å². The maximum atomic E-state index is 11.7. The van der Waals surface area contributed by atoms with Crippen LogP contribution >= 0.6 is 0 Å². The Kier molecular flexibility index (Phi) is 3.98. The summed E-state index contributed by atoms with van der Waals surface area (Å²) < 4.78 is 0. The van der Waals surface area contributed by atoms with Gasteiger partial charge in [0, 0.05) is 23.7 Å². The topological polar surface area (TPSA) is 110 Å². The Hall–Kier alpha value is -2.44. The van der Waals surface area contributed by atoms with Gasteiger partial charge in [0.05, 0.1) is 10.5 Å². The molecule has 7 heteroatoms. The van der Waals surface area contributed by atoms with Gasteiger partial charge in [-0.3, -0.25) is 14.9 Å². The number of hydrogen-bond acceptors (Lipinski definition) is 4. The Labute approximate surface area is 103 Å². The van der Waals surface area contributed by atoms with Crippen molar-refractivity contribution in [2.75, 3.05) is 0 Å². The van der Waals surface area contributed by atoms with Gasteiger partial charge in [0.25, 0.3) is 11.6 Å². The number of non-ortho nitro benzene ring substituents is 1. The van der Waals surface area contributed by atoms with Crippen molar-refractivity contribution in [1.29, 1.82) is 0 Å². The lowest BCUT2D eigenvalue weighted by atomic mass is 10.1. The highest BCUT2D eigenvalue weighted by Gasteiger charge is 2.17. The summed E-state index contributed by atoms with van der Waals surface area (Å²) in [6.07, 6.45) is 0. The van der Waals surface area contributed by atoms with E-state index in [9.17, 15) is 19.7 Å². The molecular weight excluding hydrogens is 240 g/mol. The van der Waals surface area contributed by atoms with Gasteiger partial charge in [-0.15, -0.1) is 0 Å². The molecule has 0 aromatic heterocycles. The second-order valence-corrected chi connectivity index (χ2v) is 3.96. The van der Waals surface area contributed by atoms with Crippen LogP contribution in [-0.2, 0) is 0 Å². The van der Waals surface area contributed by atoms with E-state index in [4.69, 9.17) is 5.11 Å². The summed E-state index contributed by atoms with van der Waals surface area (Å²) in [6, 6.07) is 2.91. The van der Waals surface area contributed by atoms with Crippen molar-refractivity contribution in [3.63, 3.8) is 0 Å². The van der Waals surface area contributed by atoms with Gasteiger partial charge in [-0.25, -0.2) is 4.79 Å². The number of rotatable bonds is 4. The van der Waals surface area contributed by atoms with Crippen LogP contribution in [0.3, 0.4) is 0 Å². The number of carboxylic acid groups (broad SMARTS) is 1. The number of carboxylic acids is 1. The Bertz CT molecular complexity index is 478. The van der Waals surface area contributed by atoms with Gasteiger partial charge in [0.15, 0.2) is 0 Å². The smallest absolute Gasteiger partial charge is 0.335 e. The second-order valence-electron chi connectivity index (χ2n) is 3.96. The monoisotopic (exact) mass is 252 g/mol. The number of nitro benzene ring substituents is 1. The average molecular weight is 252 g/mol. The molecule has 0 saturated carbocycles. The molecule has 0 heterocycles. The van der Waals surface area contributed by atoms with Crippen LogP contribution in [0.25, 0.3) is 0 Å². The molecule has 1 aromatic rings. The molecule has 1 aromatic carbocycles. The van der Waals surface area contributed by atoms with Crippen molar-refractivity contribution < 1.29 is 19.6 Å². The molecule has 0 saturated heterocycles. The predicted octanol–water partition coefficient (Wildman–Crippen LogP) is 1.43. The number of carbonyl (C=O) groups excluding carboxylic acids is 1. The molecule has 0 spiro atoms. The van der Waals surface area contributed by atoms with Gasteiger partial charge in [-0.05, 0) is 19.9 Å². The van der Waals surface area contributed by atoms with Crippen LogP contribution in [0.2, 0.25) is 0 Å². The number of amides is 1. The molecule has 0 bridgehead atoms. The van der Waals surface area contributed by atoms with Crippen molar-refractivity contribution in [3.8, 4) is 0 Å². The number of nitro groups is 1. The highest BCUT2D eigenvalue weighted by Crippen LogP contribution is 2.17. The molecule has 18 heavy (non-hydrogen) atoms. The SMILES string of the molecule is CC(C)NC(=O)c1cc(C(=O)O)cc([N+](=O)[O-])c1. The summed E-state index contributed by atoms with van der Waals surface area (Å²) in [5, 5.41) is 22.0. The first-order valence-electron chi connectivity index (χ1n) is 5.15. The van der Waals surface area contributed by atoms with Gasteiger partial charge in [-0.2, -0.15) is 0 Å². The molecule has 2 N–H and O–H groups in total. The van der Waals surface area contributed by atoms with E-state index >= 15 is 0 Å². The fraction of sp³-hybridized carbons (Fsp3) is 0.273. The van der Waals surface area contributed by atoms with Crippen LogP contribution in [0, 0.1) is 10.1 Å². The largest absolute Gasteiger partial charge is 0.478 e. The van der Waals surface area contributed by atoms with E-state index in [1.54, 1.807) is 13.8 Å². The summed E-state index contributed by atoms with van der Waals surface area (Å²) in [6.45, 7) is 3.46. The number of nitrogens with zero attached hydrogens (tertiary/aromatic N) is 1. The maximum Gasteiger partial charge on any atom is 0.335 e. The fourth-order valence-electron chi connectivity index (χ4n) is 1.32. The minimum absolute atomic E-state index is 0.0460. The number of benzene rings is 1. The standard InChI is InChI=1S/C11H12N2O5/c1-6(2)12-10(14)7-3-8(11(15)16)5-9(4-7)13(17)18/h3-6H,1-2H3,(H,12,14)(H,15,16). The van der Waals surface area contributed by atoms with Gasteiger partial charge in [-0.1, -0.05) is 0 Å². The minimum atomic E-state index is -1.32. The zero-order chi connectivity index (χ0) is 13.9. The third-order valence-electron chi connectivity index (χ3n) is 2.06. The van der Waals surface area contributed by atoms with E-state index < -0.39 is 22.5 Å². The summed E-state index contributed by atoms with van der Waals surface area (Å²) in [5.74, 6) is -1.87. The number of aromatic carboxylic acids is 1. The average Bonchev–Trinajstić information content (AvgIpc) is 2.27. The third-order valence-corrected chi connectivity index (χ3v) is 2.06. The van der Waals surface area contributed by atoms with Crippen molar-refractivity contribution in [2.45, 2.75) is 19.9 Å². The molecule has 0 aliphatic heterocycles. The molecule has 0 aliphatic carbocycles. The normalized spacial score (nSPS) is 10.2. The lowest BCUT2D eigenvalue weighted by molar-refractivity contribution is -0.384. The van der Waals surface area contributed by atoms with Crippen LogP contribution in [0.5, 0.6) is 0 Å². The fourth-order valence-corrected chi connectivity index (χ4v) is 1.32. The zero-order valence-corrected chi connectivity index (χ0v) is 9.84. The Morgan fingerprint density at radius 1 is 1.28 bits per heavy atom. The van der Waals surface area contributed by atoms with E-state index in [2.05, 4.69) is 5.32 Å². The van der Waals surface area contributed by atoms with Crippen LogP contribution in [0.15, 0.2) is 18.2 Å². The van der Waals surface area contributed by atoms with E-state index in [1.165, 1.54) is 0 Å². The second kappa shape index (κ2) is 5.26. The van der Waals surface area contributed by atoms with E-state index in [0.717, 1.165) is 18.2 Å². The number of hydrogen-bond donors (Lipinski definition) is 2. The van der Waals surface area contributed by atoms with Crippen molar-refractivity contribution in [3.05, 3.63) is 39.4 Å². The number of nitrogens with one attached hydrogen (secondary N) is 1.